The first kappa shape index (κ1) is 8.40. The molecule has 0 bridgehead atoms. The Labute approximate surface area is 71.7 Å². The largest absolute Gasteiger partial charge is 0.207 e. The van der Waals surface area contributed by atoms with Crippen LogP contribution < -0.4 is 0 Å². The molecule has 0 spiro atoms. The summed E-state index contributed by atoms with van der Waals surface area (Å²) < 4.78 is 25.2. The Balaban J connectivity index is 3.12. The predicted octanol–water partition coefficient (Wildman–Crippen LogP) is 3.33. The maximum Gasteiger partial charge on any atom is 0.130 e. The monoisotopic (exact) mass is 218 g/mol. The molecule has 0 nitrogen and oxygen atoms in total. The summed E-state index contributed by atoms with van der Waals surface area (Å²) in [6, 6.07) is 3.31. The van der Waals surface area contributed by atoms with Gasteiger partial charge in [0.25, 0.3) is 0 Å². The molecule has 1 aromatic carbocycles. The van der Waals surface area contributed by atoms with Crippen molar-refractivity contribution in [2.75, 3.05) is 0 Å². The van der Waals surface area contributed by atoms with Gasteiger partial charge < -0.3 is 0 Å². The molecule has 0 saturated heterocycles. The normalized spacial score (nSPS) is 10.8. The number of rotatable bonds is 1. The summed E-state index contributed by atoms with van der Waals surface area (Å²) in [5.74, 6) is -0.867. The molecule has 0 atom stereocenters. The minimum absolute atomic E-state index is 0.238. The summed E-state index contributed by atoms with van der Waals surface area (Å²) in [6.45, 7) is 0. The van der Waals surface area contributed by atoms with Gasteiger partial charge in [-0.25, -0.2) is 8.78 Å². The van der Waals surface area contributed by atoms with Crippen LogP contribution in [0.15, 0.2) is 23.2 Å². The molecule has 0 saturated carbocycles. The van der Waals surface area contributed by atoms with Crippen LogP contribution in [0.2, 0.25) is 0 Å². The molecule has 1 rings (SSSR count). The molecule has 0 radical (unpaired) electrons. The highest BCUT2D eigenvalue weighted by atomic mass is 79.9. The first-order chi connectivity index (χ1) is 5.24. The average molecular weight is 219 g/mol. The van der Waals surface area contributed by atoms with Crippen LogP contribution in [0, 0.1) is 11.6 Å². The lowest BCUT2D eigenvalue weighted by atomic mass is 10.2. The van der Waals surface area contributed by atoms with Gasteiger partial charge in [0.15, 0.2) is 0 Å². The van der Waals surface area contributed by atoms with Crippen LogP contribution in [0.5, 0.6) is 0 Å². The molecule has 0 aliphatic rings. The van der Waals surface area contributed by atoms with E-state index in [1.54, 1.807) is 0 Å². The van der Waals surface area contributed by atoms with Crippen molar-refractivity contribution in [3.63, 3.8) is 0 Å². The Morgan fingerprint density at radius 1 is 1.27 bits per heavy atom. The van der Waals surface area contributed by atoms with Gasteiger partial charge in [-0.1, -0.05) is 15.9 Å². The zero-order valence-electron chi connectivity index (χ0n) is 5.52. The molecule has 0 N–H and O–H groups in total. The average Bonchev–Trinajstić information content (AvgIpc) is 1.98. The molecule has 11 heavy (non-hydrogen) atoms. The summed E-state index contributed by atoms with van der Waals surface area (Å²) in [5.41, 5.74) is 0.238. The molecular weight excluding hydrogens is 214 g/mol. The smallest absolute Gasteiger partial charge is 0.130 e. The standard InChI is InChI=1S/C8H5BrF2/c9-4-3-6-5-7(10)1-2-8(6)11/h1-5H/b4-3+. The number of halogens is 3. The van der Waals surface area contributed by atoms with Gasteiger partial charge >= 0.3 is 0 Å². The van der Waals surface area contributed by atoms with E-state index in [0.717, 1.165) is 18.2 Å². The van der Waals surface area contributed by atoms with Crippen LogP contribution in [0.25, 0.3) is 6.08 Å². The van der Waals surface area contributed by atoms with Gasteiger partial charge in [-0.05, 0) is 29.3 Å². The fourth-order valence-electron chi connectivity index (χ4n) is 0.710. The second-order valence-electron chi connectivity index (χ2n) is 1.96. The lowest BCUT2D eigenvalue weighted by Crippen LogP contribution is -1.82. The van der Waals surface area contributed by atoms with Crippen molar-refractivity contribution in [1.82, 2.24) is 0 Å². The van der Waals surface area contributed by atoms with Crippen LogP contribution in [-0.4, -0.2) is 0 Å². The predicted molar refractivity (Wildman–Crippen MR) is 44.3 cm³/mol. The summed E-state index contributed by atoms with van der Waals surface area (Å²) in [6.07, 6.45) is 1.44. The summed E-state index contributed by atoms with van der Waals surface area (Å²) in [4.78, 5) is 1.48. The molecule has 0 heterocycles. The number of hydrogen-bond donors (Lipinski definition) is 0. The maximum atomic E-state index is 12.7. The van der Waals surface area contributed by atoms with Crippen molar-refractivity contribution in [2.45, 2.75) is 0 Å². The minimum Gasteiger partial charge on any atom is -0.207 e. The zero-order chi connectivity index (χ0) is 8.27. The Morgan fingerprint density at radius 2 is 2.00 bits per heavy atom. The summed E-state index contributed by atoms with van der Waals surface area (Å²) >= 11 is 2.98. The van der Waals surface area contributed by atoms with E-state index in [1.165, 1.54) is 11.1 Å². The highest BCUT2D eigenvalue weighted by molar-refractivity contribution is 9.11. The van der Waals surface area contributed by atoms with E-state index in [1.807, 2.05) is 0 Å². The fraction of sp³-hybridized carbons (Fsp3) is 0. The summed E-state index contributed by atoms with van der Waals surface area (Å²) in [7, 11) is 0. The zero-order valence-corrected chi connectivity index (χ0v) is 7.11. The number of benzene rings is 1. The lowest BCUT2D eigenvalue weighted by molar-refractivity contribution is 0.598. The second kappa shape index (κ2) is 3.62. The second-order valence-corrected chi connectivity index (χ2v) is 2.49. The molecule has 3 heteroatoms. The van der Waals surface area contributed by atoms with E-state index < -0.39 is 11.6 Å². The molecular formula is C8H5BrF2. The van der Waals surface area contributed by atoms with Crippen LogP contribution >= 0.6 is 15.9 Å². The highest BCUT2D eigenvalue weighted by Crippen LogP contribution is 2.11. The van der Waals surface area contributed by atoms with Crippen LogP contribution in [0.1, 0.15) is 5.56 Å². The molecule has 0 aliphatic heterocycles. The van der Waals surface area contributed by atoms with Crippen molar-refractivity contribution in [1.29, 1.82) is 0 Å². The Morgan fingerprint density at radius 3 is 2.64 bits per heavy atom. The van der Waals surface area contributed by atoms with Gasteiger partial charge in [0.2, 0.25) is 0 Å². The van der Waals surface area contributed by atoms with Crippen molar-refractivity contribution in [2.24, 2.45) is 0 Å². The Kier molecular flexibility index (Phi) is 2.76. The van der Waals surface area contributed by atoms with E-state index in [-0.39, 0.29) is 5.56 Å². The third-order valence-electron chi connectivity index (χ3n) is 1.20. The SMILES string of the molecule is Fc1ccc(F)c(/C=C/Br)c1. The molecule has 0 aliphatic carbocycles. The van der Waals surface area contributed by atoms with Crippen molar-refractivity contribution in [3.05, 3.63) is 40.4 Å². The molecule has 0 unspecified atom stereocenters. The fourth-order valence-corrected chi connectivity index (χ4v) is 0.995. The highest BCUT2D eigenvalue weighted by Gasteiger charge is 1.98. The Hall–Kier alpha value is -0.700. The van der Waals surface area contributed by atoms with Crippen LogP contribution in [0.3, 0.4) is 0 Å². The first-order valence-electron chi connectivity index (χ1n) is 2.96. The Bertz CT molecular complexity index is 281. The molecule has 0 fully saturated rings. The third kappa shape index (κ3) is 2.12. The van der Waals surface area contributed by atoms with Gasteiger partial charge in [-0.2, -0.15) is 0 Å². The van der Waals surface area contributed by atoms with E-state index in [4.69, 9.17) is 0 Å². The molecule has 1 aromatic rings. The van der Waals surface area contributed by atoms with Crippen LogP contribution in [0.4, 0.5) is 8.78 Å². The maximum absolute atomic E-state index is 12.7. The van der Waals surface area contributed by atoms with Crippen molar-refractivity contribution >= 4 is 22.0 Å². The van der Waals surface area contributed by atoms with Gasteiger partial charge in [0, 0.05) is 5.56 Å². The van der Waals surface area contributed by atoms with Crippen LogP contribution in [-0.2, 0) is 0 Å². The van der Waals surface area contributed by atoms with E-state index in [9.17, 15) is 8.78 Å². The van der Waals surface area contributed by atoms with E-state index in [0.29, 0.717) is 0 Å². The number of hydrogen-bond acceptors (Lipinski definition) is 0. The first-order valence-corrected chi connectivity index (χ1v) is 3.87. The lowest BCUT2D eigenvalue weighted by Gasteiger charge is -1.94. The third-order valence-corrected chi connectivity index (χ3v) is 1.46. The van der Waals surface area contributed by atoms with E-state index in [2.05, 4.69) is 15.9 Å². The summed E-state index contributed by atoms with van der Waals surface area (Å²) in [5, 5.41) is 0. The van der Waals surface area contributed by atoms with Crippen molar-refractivity contribution < 1.29 is 8.78 Å². The van der Waals surface area contributed by atoms with Crippen molar-refractivity contribution in [3.8, 4) is 0 Å². The van der Waals surface area contributed by atoms with Gasteiger partial charge in [0.05, 0.1) is 0 Å². The molecule has 0 aromatic heterocycles. The minimum atomic E-state index is -0.438. The quantitative estimate of drug-likeness (QED) is 0.679. The molecule has 0 amide bonds. The van der Waals surface area contributed by atoms with Gasteiger partial charge in [-0.3, -0.25) is 0 Å². The molecule has 58 valence electrons. The topological polar surface area (TPSA) is 0 Å². The van der Waals surface area contributed by atoms with E-state index >= 15 is 0 Å². The van der Waals surface area contributed by atoms with Gasteiger partial charge in [-0.15, -0.1) is 0 Å². The van der Waals surface area contributed by atoms with Gasteiger partial charge in [0.1, 0.15) is 11.6 Å².